The SMILES string of the molecule is COc1ccc(CN(Cc2ccc(OC)cc2)S(=O)(=O)c2ccc(Cc3c(CC4CC4)c(C(N)=O)cn3-c3cccc(Br)c3)cc2F)cc1. The normalized spacial score (nSPS) is 13.1. The summed E-state index contributed by atoms with van der Waals surface area (Å²) >= 11 is 3.53. The van der Waals surface area contributed by atoms with Crippen molar-refractivity contribution in [3.63, 3.8) is 0 Å². The number of hydrogen-bond acceptors (Lipinski definition) is 5. The molecule has 1 heterocycles. The summed E-state index contributed by atoms with van der Waals surface area (Å²) in [6.45, 7) is 0.0280. The number of methoxy groups -OCH3 is 2. The zero-order chi connectivity index (χ0) is 34.7. The van der Waals surface area contributed by atoms with Crippen molar-refractivity contribution in [2.24, 2.45) is 11.7 Å². The number of halogens is 2. The van der Waals surface area contributed by atoms with Crippen molar-refractivity contribution in [2.45, 2.75) is 43.7 Å². The Labute approximate surface area is 294 Å². The molecule has 0 spiro atoms. The van der Waals surface area contributed by atoms with Crippen LogP contribution in [0.5, 0.6) is 11.5 Å². The van der Waals surface area contributed by atoms with Crippen LogP contribution < -0.4 is 15.2 Å². The summed E-state index contributed by atoms with van der Waals surface area (Å²) < 4.78 is 59.0. The van der Waals surface area contributed by atoms with E-state index >= 15 is 4.39 Å². The molecule has 2 N–H and O–H groups in total. The highest BCUT2D eigenvalue weighted by Gasteiger charge is 2.30. The predicted molar refractivity (Wildman–Crippen MR) is 190 cm³/mol. The highest BCUT2D eigenvalue weighted by Crippen LogP contribution is 2.37. The van der Waals surface area contributed by atoms with Gasteiger partial charge in [0, 0.05) is 41.6 Å². The van der Waals surface area contributed by atoms with Crippen LogP contribution in [0.3, 0.4) is 0 Å². The van der Waals surface area contributed by atoms with Gasteiger partial charge in [0.1, 0.15) is 22.2 Å². The van der Waals surface area contributed by atoms with E-state index in [0.717, 1.165) is 45.4 Å². The number of nitrogens with zero attached hydrogens (tertiary/aromatic N) is 2. The van der Waals surface area contributed by atoms with Crippen LogP contribution in [0.4, 0.5) is 4.39 Å². The monoisotopic (exact) mass is 745 g/mol. The highest BCUT2D eigenvalue weighted by molar-refractivity contribution is 9.10. The first-order valence-electron chi connectivity index (χ1n) is 15.9. The predicted octanol–water partition coefficient (Wildman–Crippen LogP) is 7.43. The minimum Gasteiger partial charge on any atom is -0.497 e. The van der Waals surface area contributed by atoms with E-state index in [9.17, 15) is 13.2 Å². The van der Waals surface area contributed by atoms with E-state index in [1.54, 1.807) is 75.0 Å². The molecular weight excluding hydrogens is 709 g/mol. The highest BCUT2D eigenvalue weighted by atomic mass is 79.9. The second kappa shape index (κ2) is 14.6. The van der Waals surface area contributed by atoms with E-state index in [4.69, 9.17) is 15.2 Å². The van der Waals surface area contributed by atoms with Gasteiger partial charge in [0.25, 0.3) is 5.91 Å². The molecule has 1 aromatic heterocycles. The van der Waals surface area contributed by atoms with E-state index in [-0.39, 0.29) is 19.5 Å². The number of aromatic nitrogens is 1. The fourth-order valence-corrected chi connectivity index (χ4v) is 7.82. The van der Waals surface area contributed by atoms with Crippen molar-refractivity contribution in [1.82, 2.24) is 8.87 Å². The zero-order valence-corrected chi connectivity index (χ0v) is 29.6. The fourth-order valence-electron chi connectivity index (χ4n) is 5.98. The molecule has 1 fully saturated rings. The quantitative estimate of drug-likeness (QED) is 0.127. The Kier molecular flexibility index (Phi) is 10.2. The molecule has 8 nitrogen and oxygen atoms in total. The number of benzene rings is 4. The fraction of sp³-hybridized carbons (Fsp3) is 0.237. The van der Waals surface area contributed by atoms with Gasteiger partial charge >= 0.3 is 0 Å². The maximum atomic E-state index is 16.1. The van der Waals surface area contributed by atoms with Crippen molar-refractivity contribution in [3.05, 3.63) is 141 Å². The van der Waals surface area contributed by atoms with E-state index < -0.39 is 26.6 Å². The number of hydrogen-bond donors (Lipinski definition) is 1. The van der Waals surface area contributed by atoms with E-state index in [2.05, 4.69) is 15.9 Å². The van der Waals surface area contributed by atoms with Crippen molar-refractivity contribution in [2.75, 3.05) is 14.2 Å². The van der Waals surface area contributed by atoms with Gasteiger partial charge in [-0.2, -0.15) is 4.31 Å². The first-order chi connectivity index (χ1) is 23.5. The number of sulfonamides is 1. The molecule has 1 saturated carbocycles. The maximum Gasteiger partial charge on any atom is 0.250 e. The van der Waals surface area contributed by atoms with Gasteiger partial charge in [-0.1, -0.05) is 52.3 Å². The number of carbonyl (C=O) groups excluding carboxylic acids is 1. The van der Waals surface area contributed by atoms with Gasteiger partial charge in [-0.3, -0.25) is 4.79 Å². The zero-order valence-electron chi connectivity index (χ0n) is 27.2. The number of primary amides is 1. The molecular formula is C38H37BrFN3O5S. The molecule has 6 rings (SSSR count). The number of ether oxygens (including phenoxy) is 2. The second-order valence-electron chi connectivity index (χ2n) is 12.2. The lowest BCUT2D eigenvalue weighted by atomic mass is 9.99. The lowest BCUT2D eigenvalue weighted by molar-refractivity contribution is 0.0999. The average Bonchev–Trinajstić information content (AvgIpc) is 3.84. The van der Waals surface area contributed by atoms with Crippen LogP contribution in [0.15, 0.2) is 107 Å². The summed E-state index contributed by atoms with van der Waals surface area (Å²) in [4.78, 5) is 12.2. The summed E-state index contributed by atoms with van der Waals surface area (Å²) in [5.41, 5.74) is 10.8. The van der Waals surface area contributed by atoms with Crippen LogP contribution in [-0.2, 0) is 36.0 Å². The van der Waals surface area contributed by atoms with E-state index in [1.165, 1.54) is 16.4 Å². The molecule has 0 atom stereocenters. The van der Waals surface area contributed by atoms with Crippen LogP contribution in [0.2, 0.25) is 0 Å². The third-order valence-electron chi connectivity index (χ3n) is 8.79. The Morgan fingerprint density at radius 2 is 1.49 bits per heavy atom. The average molecular weight is 747 g/mol. The van der Waals surface area contributed by atoms with Gasteiger partial charge < -0.3 is 19.8 Å². The molecule has 5 aromatic rings. The molecule has 4 aromatic carbocycles. The standard InChI is InChI=1S/C38H37BrFN3O5S/c1-47-31-13-8-26(9-14-31)22-42(23-27-10-15-32(48-2)16-11-27)49(45,46)37-17-12-28(19-35(37)40)20-36-33(18-25-6-7-25)34(38(41)44)24-43(36)30-5-3-4-29(39)21-30/h3-5,8-17,19,21,24-25H,6-7,18,20,22-23H2,1-2H3,(H2,41,44). The lowest BCUT2D eigenvalue weighted by Crippen LogP contribution is -2.31. The van der Waals surface area contributed by atoms with Crippen LogP contribution in [0.25, 0.3) is 5.69 Å². The van der Waals surface area contributed by atoms with Gasteiger partial charge in [0.15, 0.2) is 0 Å². The number of carbonyl (C=O) groups is 1. The second-order valence-corrected chi connectivity index (χ2v) is 15.1. The van der Waals surface area contributed by atoms with E-state index in [1.807, 2.05) is 28.8 Å². The molecule has 0 unspecified atom stereocenters. The first-order valence-corrected chi connectivity index (χ1v) is 18.1. The first kappa shape index (κ1) is 34.4. The molecule has 11 heteroatoms. The van der Waals surface area contributed by atoms with Crippen LogP contribution >= 0.6 is 15.9 Å². The Hall–Kier alpha value is -4.45. The molecule has 0 radical (unpaired) electrons. The van der Waals surface area contributed by atoms with Crippen molar-refractivity contribution in [1.29, 1.82) is 0 Å². The number of amides is 1. The van der Waals surface area contributed by atoms with Gasteiger partial charge in [-0.05, 0) is 102 Å². The molecule has 1 amide bonds. The third kappa shape index (κ3) is 7.90. The summed E-state index contributed by atoms with van der Waals surface area (Å²) in [6, 6.07) is 26.1. The van der Waals surface area contributed by atoms with Crippen molar-refractivity contribution in [3.8, 4) is 17.2 Å². The smallest absolute Gasteiger partial charge is 0.250 e. The lowest BCUT2D eigenvalue weighted by Gasteiger charge is -2.23. The summed E-state index contributed by atoms with van der Waals surface area (Å²) in [6.07, 6.45) is 4.85. The topological polar surface area (TPSA) is 104 Å². The van der Waals surface area contributed by atoms with Gasteiger partial charge in [0.2, 0.25) is 10.0 Å². The molecule has 1 aliphatic carbocycles. The number of rotatable bonds is 14. The summed E-state index contributed by atoms with van der Waals surface area (Å²) in [5.74, 6) is 0.369. The summed E-state index contributed by atoms with van der Waals surface area (Å²) in [7, 11) is -1.18. The van der Waals surface area contributed by atoms with Gasteiger partial charge in [0.05, 0.1) is 19.8 Å². The molecule has 0 saturated heterocycles. The largest absolute Gasteiger partial charge is 0.497 e. The number of nitrogens with two attached hydrogens (primary N) is 1. The molecule has 49 heavy (non-hydrogen) atoms. The van der Waals surface area contributed by atoms with Crippen LogP contribution in [-0.4, -0.2) is 37.4 Å². The Bertz CT molecular complexity index is 2030. The Balaban J connectivity index is 1.35. The van der Waals surface area contributed by atoms with Crippen molar-refractivity contribution >= 4 is 31.9 Å². The summed E-state index contributed by atoms with van der Waals surface area (Å²) in [5, 5.41) is 0. The maximum absolute atomic E-state index is 16.1. The van der Waals surface area contributed by atoms with E-state index in [0.29, 0.717) is 35.0 Å². The third-order valence-corrected chi connectivity index (χ3v) is 11.1. The van der Waals surface area contributed by atoms with Crippen LogP contribution in [0.1, 0.15) is 51.1 Å². The minimum absolute atomic E-state index is 0.0140. The van der Waals surface area contributed by atoms with Crippen molar-refractivity contribution < 1.29 is 27.1 Å². The van der Waals surface area contributed by atoms with Crippen LogP contribution in [0, 0.1) is 11.7 Å². The molecule has 1 aliphatic rings. The van der Waals surface area contributed by atoms with Gasteiger partial charge in [-0.25, -0.2) is 12.8 Å². The Morgan fingerprint density at radius 3 is 2.00 bits per heavy atom. The molecule has 0 aliphatic heterocycles. The molecule has 254 valence electrons. The molecule has 0 bridgehead atoms. The Morgan fingerprint density at radius 1 is 0.898 bits per heavy atom. The van der Waals surface area contributed by atoms with Gasteiger partial charge in [-0.15, -0.1) is 0 Å². The minimum atomic E-state index is -4.30.